The Hall–Kier alpha value is -2.76. The molecule has 0 N–H and O–H groups in total. The Kier molecular flexibility index (Phi) is 4.87. The third-order valence-corrected chi connectivity index (χ3v) is 5.94. The number of ether oxygens (including phenoxy) is 1. The first-order chi connectivity index (χ1) is 13.5. The molecule has 0 bridgehead atoms. The molecule has 1 atom stereocenters. The molecule has 0 aliphatic heterocycles. The van der Waals surface area contributed by atoms with Crippen molar-refractivity contribution >= 4 is 11.0 Å². The van der Waals surface area contributed by atoms with Gasteiger partial charge in [0.05, 0.1) is 24.0 Å². The zero-order chi connectivity index (χ0) is 19.8. The van der Waals surface area contributed by atoms with Gasteiger partial charge in [-0.15, -0.1) is 0 Å². The number of rotatable bonds is 5. The van der Waals surface area contributed by atoms with Gasteiger partial charge >= 0.3 is 0 Å². The van der Waals surface area contributed by atoms with Crippen LogP contribution in [0, 0.1) is 19.8 Å². The van der Waals surface area contributed by atoms with Crippen LogP contribution in [0.3, 0.4) is 0 Å². The van der Waals surface area contributed by atoms with Gasteiger partial charge in [-0.3, -0.25) is 9.78 Å². The first-order valence-electron chi connectivity index (χ1n) is 9.95. The zero-order valence-electron chi connectivity index (χ0n) is 16.9. The largest absolute Gasteiger partial charge is 0.481 e. The molecule has 1 saturated carbocycles. The van der Waals surface area contributed by atoms with Crippen LogP contribution < -0.4 is 10.3 Å². The number of aromatic nitrogens is 4. The lowest BCUT2D eigenvalue weighted by Gasteiger charge is -2.35. The number of hydrogen-bond acceptors (Lipinski definition) is 5. The first kappa shape index (κ1) is 18.6. The van der Waals surface area contributed by atoms with Crippen LogP contribution in [0.5, 0.6) is 5.88 Å². The highest BCUT2D eigenvalue weighted by Gasteiger charge is 2.30. The molecule has 4 rings (SSSR count). The Labute approximate surface area is 164 Å². The quantitative estimate of drug-likeness (QED) is 0.664. The van der Waals surface area contributed by atoms with Crippen LogP contribution in [0.2, 0.25) is 0 Å². The van der Waals surface area contributed by atoms with E-state index in [0.29, 0.717) is 17.5 Å². The molecule has 0 amide bonds. The molecule has 3 aromatic heterocycles. The smallest absolute Gasteiger partial charge is 0.272 e. The van der Waals surface area contributed by atoms with Crippen molar-refractivity contribution in [1.82, 2.24) is 19.5 Å². The van der Waals surface area contributed by atoms with E-state index >= 15 is 0 Å². The van der Waals surface area contributed by atoms with Gasteiger partial charge in [-0.25, -0.2) is 9.97 Å². The summed E-state index contributed by atoms with van der Waals surface area (Å²) >= 11 is 0. The van der Waals surface area contributed by atoms with Crippen LogP contribution in [0.1, 0.15) is 50.0 Å². The average Bonchev–Trinajstić information content (AvgIpc) is 2.66. The molecule has 0 aromatic carbocycles. The fourth-order valence-electron chi connectivity index (χ4n) is 4.23. The van der Waals surface area contributed by atoms with Crippen LogP contribution in [-0.2, 0) is 0 Å². The minimum atomic E-state index is 0.00739. The van der Waals surface area contributed by atoms with Gasteiger partial charge < -0.3 is 9.30 Å². The Morgan fingerprint density at radius 2 is 1.96 bits per heavy atom. The van der Waals surface area contributed by atoms with Crippen molar-refractivity contribution in [3.63, 3.8) is 0 Å². The number of pyridine rings is 2. The van der Waals surface area contributed by atoms with Crippen molar-refractivity contribution < 1.29 is 4.74 Å². The van der Waals surface area contributed by atoms with Crippen molar-refractivity contribution in [2.45, 2.75) is 52.5 Å². The standard InChI is InChI=1S/C22H26N4O2/c1-5-17(15-7-6-8-15)26-18-11-12-23-20(21(18)25-14(3)22(26)27)16-9-10-19(28-4)24-13(16)2/h9-12,15,17H,5-8H2,1-4H3/t17-/m0/s1. The number of methoxy groups -OCH3 is 1. The van der Waals surface area contributed by atoms with Gasteiger partial charge in [0.15, 0.2) is 0 Å². The molecule has 0 unspecified atom stereocenters. The van der Waals surface area contributed by atoms with Crippen LogP contribution in [0.25, 0.3) is 22.3 Å². The maximum absolute atomic E-state index is 13.1. The van der Waals surface area contributed by atoms with Gasteiger partial charge in [0.1, 0.15) is 11.2 Å². The highest BCUT2D eigenvalue weighted by atomic mass is 16.5. The third kappa shape index (κ3) is 2.97. The predicted molar refractivity (Wildman–Crippen MR) is 110 cm³/mol. The van der Waals surface area contributed by atoms with Crippen molar-refractivity contribution in [3.8, 4) is 17.1 Å². The highest BCUT2D eigenvalue weighted by Crippen LogP contribution is 2.39. The molecule has 1 fully saturated rings. The van der Waals surface area contributed by atoms with Gasteiger partial charge in [-0.2, -0.15) is 0 Å². The van der Waals surface area contributed by atoms with E-state index in [9.17, 15) is 4.79 Å². The summed E-state index contributed by atoms with van der Waals surface area (Å²) in [4.78, 5) is 26.8. The van der Waals surface area contributed by atoms with Gasteiger partial charge in [-0.1, -0.05) is 13.3 Å². The van der Waals surface area contributed by atoms with E-state index in [1.54, 1.807) is 20.2 Å². The lowest BCUT2D eigenvalue weighted by molar-refractivity contribution is 0.203. The summed E-state index contributed by atoms with van der Waals surface area (Å²) in [5.74, 6) is 1.13. The van der Waals surface area contributed by atoms with Crippen LogP contribution in [-0.4, -0.2) is 26.6 Å². The third-order valence-electron chi connectivity index (χ3n) is 5.94. The Morgan fingerprint density at radius 1 is 1.18 bits per heavy atom. The molecule has 146 valence electrons. The van der Waals surface area contributed by atoms with Crippen molar-refractivity contribution in [2.75, 3.05) is 7.11 Å². The summed E-state index contributed by atoms with van der Waals surface area (Å²) in [5, 5.41) is 0. The van der Waals surface area contributed by atoms with Crippen LogP contribution >= 0.6 is 0 Å². The fourth-order valence-corrected chi connectivity index (χ4v) is 4.23. The predicted octanol–water partition coefficient (Wildman–Crippen LogP) is 4.23. The van der Waals surface area contributed by atoms with E-state index in [1.165, 1.54) is 19.3 Å². The van der Waals surface area contributed by atoms with E-state index in [1.807, 2.05) is 29.7 Å². The second kappa shape index (κ2) is 7.34. The van der Waals surface area contributed by atoms with E-state index in [2.05, 4.69) is 21.9 Å². The Morgan fingerprint density at radius 3 is 2.57 bits per heavy atom. The molecule has 0 radical (unpaired) electrons. The summed E-state index contributed by atoms with van der Waals surface area (Å²) in [6.45, 7) is 5.89. The normalized spacial score (nSPS) is 15.4. The van der Waals surface area contributed by atoms with E-state index in [4.69, 9.17) is 4.74 Å². The Bertz CT molecular complexity index is 1090. The maximum Gasteiger partial charge on any atom is 0.272 e. The molecule has 1 aliphatic rings. The summed E-state index contributed by atoms with van der Waals surface area (Å²) in [5.41, 5.74) is 4.61. The Balaban J connectivity index is 1.97. The summed E-state index contributed by atoms with van der Waals surface area (Å²) in [7, 11) is 1.60. The zero-order valence-corrected chi connectivity index (χ0v) is 16.9. The maximum atomic E-state index is 13.1. The topological polar surface area (TPSA) is 69.9 Å². The molecule has 28 heavy (non-hydrogen) atoms. The molecule has 0 saturated heterocycles. The number of fused-ring (bicyclic) bond motifs is 1. The number of nitrogens with zero attached hydrogens (tertiary/aromatic N) is 4. The van der Waals surface area contributed by atoms with E-state index < -0.39 is 0 Å². The molecule has 3 aromatic rings. The second-order valence-electron chi connectivity index (χ2n) is 7.55. The van der Waals surface area contributed by atoms with Gasteiger partial charge in [0, 0.05) is 23.9 Å². The molecule has 0 spiro atoms. The summed E-state index contributed by atoms with van der Waals surface area (Å²) in [6, 6.07) is 5.91. The minimum Gasteiger partial charge on any atom is -0.481 e. The molecule has 6 heteroatoms. The molecular formula is C22H26N4O2. The molecule has 6 nitrogen and oxygen atoms in total. The second-order valence-corrected chi connectivity index (χ2v) is 7.55. The van der Waals surface area contributed by atoms with Crippen LogP contribution in [0.15, 0.2) is 29.2 Å². The monoisotopic (exact) mass is 378 g/mol. The van der Waals surface area contributed by atoms with Gasteiger partial charge in [0.2, 0.25) is 5.88 Å². The fraction of sp³-hybridized carbons (Fsp3) is 0.455. The van der Waals surface area contributed by atoms with E-state index in [0.717, 1.165) is 34.4 Å². The van der Waals surface area contributed by atoms with E-state index in [-0.39, 0.29) is 11.6 Å². The summed E-state index contributed by atoms with van der Waals surface area (Å²) in [6.07, 6.45) is 6.33. The van der Waals surface area contributed by atoms with Crippen molar-refractivity contribution in [1.29, 1.82) is 0 Å². The van der Waals surface area contributed by atoms with Crippen LogP contribution in [0.4, 0.5) is 0 Å². The van der Waals surface area contributed by atoms with Gasteiger partial charge in [-0.05, 0) is 51.2 Å². The van der Waals surface area contributed by atoms with Crippen molar-refractivity contribution in [3.05, 3.63) is 46.1 Å². The summed E-state index contributed by atoms with van der Waals surface area (Å²) < 4.78 is 7.20. The number of aryl methyl sites for hydroxylation is 2. The molecule has 3 heterocycles. The van der Waals surface area contributed by atoms with Gasteiger partial charge in [0.25, 0.3) is 5.56 Å². The SMILES string of the molecule is CC[C@@H](C1CCC1)n1c(=O)c(C)nc2c(-c3ccc(OC)nc3C)nccc21. The average molecular weight is 378 g/mol. The molecule has 1 aliphatic carbocycles. The lowest BCUT2D eigenvalue weighted by Crippen LogP contribution is -2.34. The highest BCUT2D eigenvalue weighted by molar-refractivity contribution is 5.90. The minimum absolute atomic E-state index is 0.00739. The van der Waals surface area contributed by atoms with Crippen molar-refractivity contribution in [2.24, 2.45) is 5.92 Å². The lowest BCUT2D eigenvalue weighted by atomic mass is 9.78. The number of hydrogen-bond donors (Lipinski definition) is 0. The molecular weight excluding hydrogens is 352 g/mol. The first-order valence-corrected chi connectivity index (χ1v) is 9.95.